The van der Waals surface area contributed by atoms with Gasteiger partial charge in [-0.2, -0.15) is 0 Å². The second-order valence-electron chi connectivity index (χ2n) is 6.64. The van der Waals surface area contributed by atoms with Gasteiger partial charge in [-0.1, -0.05) is 12.1 Å². The second-order valence-corrected chi connectivity index (χ2v) is 6.64. The number of nitrogens with one attached hydrogen (secondary N) is 2. The molecule has 3 N–H and O–H groups in total. The van der Waals surface area contributed by atoms with Crippen LogP contribution in [0, 0.1) is 5.41 Å². The van der Waals surface area contributed by atoms with Gasteiger partial charge in [-0.25, -0.2) is 4.79 Å². The average Bonchev–Trinajstić information content (AvgIpc) is 2.90. The molecule has 1 saturated heterocycles. The largest absolute Gasteiger partial charge is 0.481 e. The van der Waals surface area contributed by atoms with E-state index < -0.39 is 11.4 Å². The first-order chi connectivity index (χ1) is 11.2. The first-order valence-electron chi connectivity index (χ1n) is 7.92. The average molecular weight is 333 g/mol. The van der Waals surface area contributed by atoms with Gasteiger partial charge in [-0.15, -0.1) is 0 Å². The molecular weight excluding hydrogens is 310 g/mol. The minimum atomic E-state index is -0.924. The summed E-state index contributed by atoms with van der Waals surface area (Å²) in [5.74, 6) is -1.18. The molecule has 1 aliphatic rings. The van der Waals surface area contributed by atoms with E-state index in [1.54, 1.807) is 31.2 Å². The van der Waals surface area contributed by atoms with Gasteiger partial charge in [-0.05, 0) is 39.3 Å². The zero-order valence-electron chi connectivity index (χ0n) is 14.1. The molecule has 24 heavy (non-hydrogen) atoms. The maximum Gasteiger partial charge on any atom is 0.319 e. The van der Waals surface area contributed by atoms with Crippen LogP contribution in [-0.2, 0) is 4.79 Å². The SMILES string of the molecule is CC(C)NC(=O)Nc1ccccc1C(=O)N1CCC(C)(C(=O)O)C1. The Morgan fingerprint density at radius 3 is 2.50 bits per heavy atom. The summed E-state index contributed by atoms with van der Waals surface area (Å²) < 4.78 is 0. The van der Waals surface area contributed by atoms with E-state index >= 15 is 0 Å². The van der Waals surface area contributed by atoms with Crippen LogP contribution in [0.25, 0.3) is 0 Å². The standard InChI is InChI=1S/C17H23N3O4/c1-11(2)18-16(24)19-13-7-5-4-6-12(13)14(21)20-9-8-17(3,10-20)15(22)23/h4-7,11H,8-10H2,1-3H3,(H,22,23)(H2,18,19,24). The zero-order valence-corrected chi connectivity index (χ0v) is 14.1. The molecular formula is C17H23N3O4. The van der Waals surface area contributed by atoms with Crippen LogP contribution in [-0.4, -0.2) is 47.0 Å². The van der Waals surface area contributed by atoms with Crippen molar-refractivity contribution in [1.29, 1.82) is 0 Å². The number of para-hydroxylation sites is 1. The number of rotatable bonds is 4. The number of carboxylic acids is 1. The molecule has 1 fully saturated rings. The van der Waals surface area contributed by atoms with Crippen molar-refractivity contribution >= 4 is 23.6 Å². The molecule has 0 aromatic heterocycles. The van der Waals surface area contributed by atoms with Gasteiger partial charge in [0.05, 0.1) is 16.7 Å². The van der Waals surface area contributed by atoms with Crippen molar-refractivity contribution in [2.75, 3.05) is 18.4 Å². The van der Waals surface area contributed by atoms with Crippen molar-refractivity contribution in [3.63, 3.8) is 0 Å². The quantitative estimate of drug-likeness (QED) is 0.786. The number of carbonyl (C=O) groups excluding carboxylic acids is 2. The third-order valence-corrected chi connectivity index (χ3v) is 4.10. The Kier molecular flexibility index (Phi) is 5.11. The van der Waals surface area contributed by atoms with Crippen molar-refractivity contribution < 1.29 is 19.5 Å². The topological polar surface area (TPSA) is 98.7 Å². The molecule has 1 aromatic carbocycles. The molecule has 0 bridgehead atoms. The number of aliphatic carboxylic acids is 1. The number of carbonyl (C=O) groups is 3. The Morgan fingerprint density at radius 2 is 1.92 bits per heavy atom. The zero-order chi connectivity index (χ0) is 17.9. The highest BCUT2D eigenvalue weighted by Crippen LogP contribution is 2.31. The number of hydrogen-bond donors (Lipinski definition) is 3. The lowest BCUT2D eigenvalue weighted by Gasteiger charge is -2.21. The van der Waals surface area contributed by atoms with Gasteiger partial charge in [0.2, 0.25) is 0 Å². The predicted octanol–water partition coefficient (Wildman–Crippen LogP) is 2.15. The third-order valence-electron chi connectivity index (χ3n) is 4.10. The van der Waals surface area contributed by atoms with Crippen molar-refractivity contribution in [3.8, 4) is 0 Å². The number of likely N-dealkylation sites (tertiary alicyclic amines) is 1. The van der Waals surface area contributed by atoms with E-state index in [2.05, 4.69) is 10.6 Å². The van der Waals surface area contributed by atoms with Gasteiger partial charge in [0.1, 0.15) is 0 Å². The Hall–Kier alpha value is -2.57. The molecule has 0 spiro atoms. The summed E-state index contributed by atoms with van der Waals surface area (Å²) in [5, 5.41) is 14.7. The van der Waals surface area contributed by atoms with Gasteiger partial charge in [0.25, 0.3) is 5.91 Å². The monoisotopic (exact) mass is 333 g/mol. The first-order valence-corrected chi connectivity index (χ1v) is 7.92. The van der Waals surface area contributed by atoms with Gasteiger partial charge in [0.15, 0.2) is 0 Å². The van der Waals surface area contributed by atoms with Crippen LogP contribution >= 0.6 is 0 Å². The maximum absolute atomic E-state index is 12.7. The maximum atomic E-state index is 12.7. The molecule has 0 saturated carbocycles. The van der Waals surface area contributed by atoms with Crippen LogP contribution < -0.4 is 10.6 Å². The highest BCUT2D eigenvalue weighted by molar-refractivity contribution is 6.03. The van der Waals surface area contributed by atoms with Crippen LogP contribution in [0.3, 0.4) is 0 Å². The molecule has 0 radical (unpaired) electrons. The normalized spacial score (nSPS) is 20.1. The Labute approximate surface area is 141 Å². The number of nitrogens with zero attached hydrogens (tertiary/aromatic N) is 1. The summed E-state index contributed by atoms with van der Waals surface area (Å²) >= 11 is 0. The van der Waals surface area contributed by atoms with Crippen LogP contribution in [0.15, 0.2) is 24.3 Å². The Morgan fingerprint density at radius 1 is 1.25 bits per heavy atom. The van der Waals surface area contributed by atoms with E-state index in [0.29, 0.717) is 24.2 Å². The van der Waals surface area contributed by atoms with Gasteiger partial charge in [-0.3, -0.25) is 9.59 Å². The van der Waals surface area contributed by atoms with E-state index in [-0.39, 0.29) is 24.5 Å². The lowest BCUT2D eigenvalue weighted by molar-refractivity contribution is -0.147. The van der Waals surface area contributed by atoms with E-state index in [0.717, 1.165) is 0 Å². The van der Waals surface area contributed by atoms with Crippen molar-refractivity contribution in [1.82, 2.24) is 10.2 Å². The van der Waals surface area contributed by atoms with Gasteiger partial charge >= 0.3 is 12.0 Å². The minimum Gasteiger partial charge on any atom is -0.481 e. The molecule has 1 heterocycles. The predicted molar refractivity (Wildman–Crippen MR) is 90.0 cm³/mol. The van der Waals surface area contributed by atoms with Gasteiger partial charge in [0, 0.05) is 19.1 Å². The number of hydrogen-bond acceptors (Lipinski definition) is 3. The molecule has 0 aliphatic carbocycles. The molecule has 1 unspecified atom stereocenters. The van der Waals surface area contributed by atoms with E-state index in [1.807, 2.05) is 13.8 Å². The molecule has 1 aromatic rings. The molecule has 3 amide bonds. The molecule has 2 rings (SSSR count). The fourth-order valence-electron chi connectivity index (χ4n) is 2.68. The number of anilines is 1. The summed E-state index contributed by atoms with van der Waals surface area (Å²) in [6, 6.07) is 6.31. The molecule has 1 atom stereocenters. The lowest BCUT2D eigenvalue weighted by atomic mass is 9.90. The van der Waals surface area contributed by atoms with Crippen molar-refractivity contribution in [2.45, 2.75) is 33.2 Å². The number of amides is 3. The van der Waals surface area contributed by atoms with Crippen LogP contribution in [0.1, 0.15) is 37.6 Å². The fraction of sp³-hybridized carbons (Fsp3) is 0.471. The smallest absolute Gasteiger partial charge is 0.319 e. The van der Waals surface area contributed by atoms with Crippen LogP contribution in [0.4, 0.5) is 10.5 Å². The molecule has 7 nitrogen and oxygen atoms in total. The van der Waals surface area contributed by atoms with E-state index in [4.69, 9.17) is 0 Å². The van der Waals surface area contributed by atoms with Crippen molar-refractivity contribution in [3.05, 3.63) is 29.8 Å². The summed E-state index contributed by atoms with van der Waals surface area (Å²) in [6.45, 7) is 5.87. The summed E-state index contributed by atoms with van der Waals surface area (Å²) in [5.41, 5.74) is -0.164. The third kappa shape index (κ3) is 3.84. The molecule has 130 valence electrons. The second kappa shape index (κ2) is 6.90. The summed E-state index contributed by atoms with van der Waals surface area (Å²) in [4.78, 5) is 37.5. The number of carboxylic acid groups (broad SMARTS) is 1. The van der Waals surface area contributed by atoms with Crippen molar-refractivity contribution in [2.24, 2.45) is 5.41 Å². The Bertz CT molecular complexity index is 659. The van der Waals surface area contributed by atoms with Crippen LogP contribution in [0.2, 0.25) is 0 Å². The molecule has 1 aliphatic heterocycles. The summed E-state index contributed by atoms with van der Waals surface area (Å²) in [6.07, 6.45) is 0.414. The number of benzene rings is 1. The van der Waals surface area contributed by atoms with E-state index in [9.17, 15) is 19.5 Å². The minimum absolute atomic E-state index is 0.0253. The highest BCUT2D eigenvalue weighted by atomic mass is 16.4. The highest BCUT2D eigenvalue weighted by Gasteiger charge is 2.42. The van der Waals surface area contributed by atoms with Gasteiger partial charge < -0.3 is 20.6 Å². The Balaban J connectivity index is 2.16. The fourth-order valence-corrected chi connectivity index (χ4v) is 2.68. The van der Waals surface area contributed by atoms with E-state index in [1.165, 1.54) is 4.90 Å². The molecule has 7 heteroatoms. The lowest BCUT2D eigenvalue weighted by Crippen LogP contribution is -2.36. The van der Waals surface area contributed by atoms with Crippen LogP contribution in [0.5, 0.6) is 0 Å². The number of urea groups is 1. The first kappa shape index (κ1) is 17.8. The summed E-state index contributed by atoms with van der Waals surface area (Å²) in [7, 11) is 0.